The minimum absolute atomic E-state index is 0.222. The van der Waals surface area contributed by atoms with Gasteiger partial charge in [-0.05, 0) is 43.4 Å². The lowest BCUT2D eigenvalue weighted by Crippen LogP contribution is -1.91. The highest BCUT2D eigenvalue weighted by Crippen LogP contribution is 2.36. The van der Waals surface area contributed by atoms with E-state index in [4.69, 9.17) is 11.6 Å². The van der Waals surface area contributed by atoms with Gasteiger partial charge >= 0.3 is 0 Å². The molecule has 0 saturated carbocycles. The Morgan fingerprint density at radius 2 is 2.17 bits per heavy atom. The van der Waals surface area contributed by atoms with Crippen LogP contribution in [0.4, 0.5) is 0 Å². The van der Waals surface area contributed by atoms with Crippen LogP contribution < -0.4 is 0 Å². The summed E-state index contributed by atoms with van der Waals surface area (Å²) in [6, 6.07) is 5.66. The van der Waals surface area contributed by atoms with Crippen molar-refractivity contribution < 1.29 is 4.79 Å². The van der Waals surface area contributed by atoms with Gasteiger partial charge in [-0.1, -0.05) is 42.0 Å². The van der Waals surface area contributed by atoms with Crippen LogP contribution in [0.25, 0.3) is 0 Å². The van der Waals surface area contributed by atoms with Crippen LogP contribution in [0.2, 0.25) is 5.02 Å². The van der Waals surface area contributed by atoms with E-state index < -0.39 is 0 Å². The van der Waals surface area contributed by atoms with Crippen LogP contribution in [0, 0.1) is 0 Å². The number of rotatable bonds is 4. The van der Waals surface area contributed by atoms with Gasteiger partial charge in [0.1, 0.15) is 0 Å². The fraction of sp³-hybridized carbons (Fsp3) is 0.312. The lowest BCUT2D eigenvalue weighted by atomic mass is 9.97. The minimum atomic E-state index is 0.222. The van der Waals surface area contributed by atoms with Crippen molar-refractivity contribution >= 4 is 17.4 Å². The van der Waals surface area contributed by atoms with Crippen LogP contribution in [-0.4, -0.2) is 5.78 Å². The fourth-order valence-corrected chi connectivity index (χ4v) is 2.52. The van der Waals surface area contributed by atoms with E-state index in [0.717, 1.165) is 24.0 Å². The van der Waals surface area contributed by atoms with Crippen molar-refractivity contribution in [3.8, 4) is 0 Å². The zero-order valence-corrected chi connectivity index (χ0v) is 11.3. The average molecular weight is 261 g/mol. The van der Waals surface area contributed by atoms with E-state index in [1.54, 1.807) is 6.07 Å². The van der Waals surface area contributed by atoms with Crippen LogP contribution in [0.3, 0.4) is 0 Å². The normalized spacial score (nSPS) is 19.0. The third kappa shape index (κ3) is 2.91. The highest BCUT2D eigenvalue weighted by atomic mass is 35.5. The summed E-state index contributed by atoms with van der Waals surface area (Å²) in [5.74, 6) is 0.547. The molecule has 0 aromatic heterocycles. The molecule has 2 heteroatoms. The average Bonchev–Trinajstić information content (AvgIpc) is 2.66. The summed E-state index contributed by atoms with van der Waals surface area (Å²) < 4.78 is 0. The minimum Gasteiger partial charge on any atom is -0.294 e. The zero-order chi connectivity index (χ0) is 13.0. The number of halogens is 1. The zero-order valence-electron chi connectivity index (χ0n) is 10.5. The second-order valence-electron chi connectivity index (χ2n) is 4.57. The Morgan fingerprint density at radius 1 is 1.33 bits per heavy atom. The van der Waals surface area contributed by atoms with Gasteiger partial charge < -0.3 is 0 Å². The van der Waals surface area contributed by atoms with Crippen molar-refractivity contribution in [1.82, 2.24) is 0 Å². The summed E-state index contributed by atoms with van der Waals surface area (Å²) in [5.41, 5.74) is 1.97. The largest absolute Gasteiger partial charge is 0.294 e. The van der Waals surface area contributed by atoms with Gasteiger partial charge in [0, 0.05) is 17.0 Å². The molecular weight excluding hydrogens is 244 g/mol. The van der Waals surface area contributed by atoms with Gasteiger partial charge in [-0.15, -0.1) is 0 Å². The number of hydrogen-bond acceptors (Lipinski definition) is 1. The lowest BCUT2D eigenvalue weighted by Gasteiger charge is -2.07. The molecule has 0 bridgehead atoms. The van der Waals surface area contributed by atoms with Gasteiger partial charge in [0.25, 0.3) is 0 Å². The van der Waals surface area contributed by atoms with Gasteiger partial charge in [0.15, 0.2) is 5.78 Å². The molecule has 0 spiro atoms. The molecule has 0 heterocycles. The number of ketones is 1. The maximum Gasteiger partial charge on any atom is 0.163 e. The summed E-state index contributed by atoms with van der Waals surface area (Å²) in [4.78, 5) is 11.9. The molecule has 1 aromatic rings. The molecule has 0 saturated heterocycles. The fourth-order valence-electron chi connectivity index (χ4n) is 2.35. The van der Waals surface area contributed by atoms with E-state index in [-0.39, 0.29) is 5.78 Å². The first-order valence-electron chi connectivity index (χ1n) is 6.31. The molecule has 1 aliphatic carbocycles. The van der Waals surface area contributed by atoms with E-state index in [1.165, 1.54) is 0 Å². The molecule has 0 radical (unpaired) electrons. The van der Waals surface area contributed by atoms with Crippen molar-refractivity contribution in [1.29, 1.82) is 0 Å². The van der Waals surface area contributed by atoms with E-state index in [2.05, 4.69) is 18.2 Å². The van der Waals surface area contributed by atoms with Gasteiger partial charge in [-0.25, -0.2) is 0 Å². The van der Waals surface area contributed by atoms with Crippen LogP contribution in [-0.2, 0) is 0 Å². The smallest absolute Gasteiger partial charge is 0.163 e. The summed E-state index contributed by atoms with van der Waals surface area (Å²) in [6.45, 7) is 2.02. The van der Waals surface area contributed by atoms with E-state index in [1.807, 2.05) is 25.1 Å². The first-order chi connectivity index (χ1) is 8.72. The van der Waals surface area contributed by atoms with E-state index in [0.29, 0.717) is 17.4 Å². The summed E-state index contributed by atoms with van der Waals surface area (Å²) in [6.07, 6.45) is 11.0. The van der Waals surface area contributed by atoms with Gasteiger partial charge in [-0.2, -0.15) is 0 Å². The molecule has 0 N–H and O–H groups in total. The SMILES string of the molecule is C/C=C\C/C=C\C[C@H]1CC(=O)c2cc(Cl)ccc21. The maximum atomic E-state index is 11.9. The standard InChI is InChI=1S/C16H17ClO/c1-2-3-4-5-6-7-12-10-16(18)15-11-13(17)8-9-14(12)15/h2-3,5-6,8-9,11-12H,4,7,10H2,1H3/b3-2-,6-5-/t12-/m0/s1. The molecule has 1 aromatic carbocycles. The first-order valence-corrected chi connectivity index (χ1v) is 6.69. The highest BCUT2D eigenvalue weighted by molar-refractivity contribution is 6.31. The van der Waals surface area contributed by atoms with Crippen LogP contribution in [0.15, 0.2) is 42.5 Å². The Kier molecular flexibility index (Phi) is 4.38. The molecule has 1 aliphatic rings. The predicted molar refractivity (Wildman–Crippen MR) is 76.3 cm³/mol. The summed E-state index contributed by atoms with van der Waals surface area (Å²) >= 11 is 5.92. The number of benzene rings is 1. The van der Waals surface area contributed by atoms with Crippen LogP contribution in [0.5, 0.6) is 0 Å². The molecule has 1 nitrogen and oxygen atoms in total. The van der Waals surface area contributed by atoms with Crippen molar-refractivity contribution in [3.05, 3.63) is 58.7 Å². The van der Waals surface area contributed by atoms with Crippen molar-refractivity contribution in [2.75, 3.05) is 0 Å². The molecule has 2 rings (SSSR count). The molecule has 0 unspecified atom stereocenters. The Hall–Kier alpha value is -1.34. The summed E-state index contributed by atoms with van der Waals surface area (Å²) in [7, 11) is 0. The number of Topliss-reactive ketones (excluding diaryl/α,β-unsaturated/α-hetero) is 1. The van der Waals surface area contributed by atoms with Gasteiger partial charge in [0.05, 0.1) is 0 Å². The van der Waals surface area contributed by atoms with Gasteiger partial charge in [0.2, 0.25) is 0 Å². The van der Waals surface area contributed by atoms with Crippen LogP contribution in [0.1, 0.15) is 48.0 Å². The third-order valence-electron chi connectivity index (χ3n) is 3.28. The Labute approximate surface area is 113 Å². The lowest BCUT2D eigenvalue weighted by molar-refractivity contribution is 0.0989. The first kappa shape index (κ1) is 13.1. The number of allylic oxidation sites excluding steroid dienone is 4. The Balaban J connectivity index is 2.05. The van der Waals surface area contributed by atoms with Gasteiger partial charge in [-0.3, -0.25) is 4.79 Å². The maximum absolute atomic E-state index is 11.9. The Morgan fingerprint density at radius 3 is 2.94 bits per heavy atom. The molecular formula is C16H17ClO. The topological polar surface area (TPSA) is 17.1 Å². The van der Waals surface area contributed by atoms with E-state index in [9.17, 15) is 4.79 Å². The quantitative estimate of drug-likeness (QED) is 0.702. The number of fused-ring (bicyclic) bond motifs is 1. The van der Waals surface area contributed by atoms with Crippen molar-refractivity contribution in [2.24, 2.45) is 0 Å². The van der Waals surface area contributed by atoms with Crippen LogP contribution >= 0.6 is 11.6 Å². The second kappa shape index (κ2) is 6.01. The number of carbonyl (C=O) groups is 1. The van der Waals surface area contributed by atoms with Crippen molar-refractivity contribution in [3.63, 3.8) is 0 Å². The molecule has 1 atom stereocenters. The molecule has 0 fully saturated rings. The monoisotopic (exact) mass is 260 g/mol. The predicted octanol–water partition coefficient (Wildman–Crippen LogP) is 4.92. The second-order valence-corrected chi connectivity index (χ2v) is 5.00. The molecule has 94 valence electrons. The Bertz CT molecular complexity index is 500. The molecule has 18 heavy (non-hydrogen) atoms. The molecule has 0 aliphatic heterocycles. The highest BCUT2D eigenvalue weighted by Gasteiger charge is 2.28. The third-order valence-corrected chi connectivity index (χ3v) is 3.52. The number of carbonyl (C=O) groups excluding carboxylic acids is 1. The van der Waals surface area contributed by atoms with E-state index >= 15 is 0 Å². The summed E-state index contributed by atoms with van der Waals surface area (Å²) in [5, 5.41) is 0.645. The molecule has 0 amide bonds. The number of hydrogen-bond donors (Lipinski definition) is 0. The van der Waals surface area contributed by atoms with Crippen molar-refractivity contribution in [2.45, 2.75) is 32.1 Å².